The summed E-state index contributed by atoms with van der Waals surface area (Å²) in [5.41, 5.74) is 2.21. The molecule has 0 aliphatic carbocycles. The number of rotatable bonds is 2. The predicted octanol–water partition coefficient (Wildman–Crippen LogP) is 3.21. The van der Waals surface area contributed by atoms with E-state index in [0.29, 0.717) is 10.7 Å². The zero-order valence-electron chi connectivity index (χ0n) is 7.85. The molecule has 1 aromatic heterocycles. The van der Waals surface area contributed by atoms with Crippen LogP contribution in [0.1, 0.15) is 10.5 Å². The van der Waals surface area contributed by atoms with Crippen molar-refractivity contribution in [2.45, 2.75) is 0 Å². The van der Waals surface area contributed by atoms with E-state index >= 15 is 0 Å². The third kappa shape index (κ3) is 2.05. The van der Waals surface area contributed by atoms with Crippen LogP contribution in [-0.4, -0.2) is 11.3 Å². The highest BCUT2D eigenvalue weighted by molar-refractivity contribution is 6.30. The SMILES string of the molecule is O=Cc1ncccc1-c1ccc(Cl)cc1. The van der Waals surface area contributed by atoms with E-state index in [1.165, 1.54) is 0 Å². The van der Waals surface area contributed by atoms with Crippen LogP contribution in [0.25, 0.3) is 11.1 Å². The Labute approximate surface area is 92.5 Å². The molecule has 74 valence electrons. The van der Waals surface area contributed by atoms with Crippen LogP contribution in [0.4, 0.5) is 0 Å². The Balaban J connectivity index is 2.53. The minimum Gasteiger partial charge on any atom is -0.296 e. The summed E-state index contributed by atoms with van der Waals surface area (Å²) in [6.45, 7) is 0. The molecular formula is C12H8ClNO. The van der Waals surface area contributed by atoms with Gasteiger partial charge in [-0.2, -0.15) is 0 Å². The number of carbonyl (C=O) groups excluding carboxylic acids is 1. The molecular weight excluding hydrogens is 210 g/mol. The van der Waals surface area contributed by atoms with E-state index in [1.54, 1.807) is 24.4 Å². The normalized spacial score (nSPS) is 9.93. The molecule has 0 spiro atoms. The quantitative estimate of drug-likeness (QED) is 0.723. The third-order valence-electron chi connectivity index (χ3n) is 2.11. The second-order valence-electron chi connectivity index (χ2n) is 3.06. The molecule has 2 aromatic rings. The molecule has 0 radical (unpaired) electrons. The topological polar surface area (TPSA) is 30.0 Å². The molecule has 0 saturated carbocycles. The monoisotopic (exact) mass is 217 g/mol. The highest BCUT2D eigenvalue weighted by atomic mass is 35.5. The first-order valence-corrected chi connectivity index (χ1v) is 4.85. The van der Waals surface area contributed by atoms with Crippen LogP contribution >= 0.6 is 11.6 Å². The molecule has 1 aromatic carbocycles. The molecule has 2 nitrogen and oxygen atoms in total. The molecule has 0 aliphatic rings. The summed E-state index contributed by atoms with van der Waals surface area (Å²) in [5.74, 6) is 0. The summed E-state index contributed by atoms with van der Waals surface area (Å²) in [5, 5.41) is 0.676. The van der Waals surface area contributed by atoms with E-state index in [2.05, 4.69) is 4.98 Å². The van der Waals surface area contributed by atoms with Gasteiger partial charge in [-0.3, -0.25) is 9.78 Å². The van der Waals surface area contributed by atoms with Crippen LogP contribution in [0.15, 0.2) is 42.6 Å². The lowest BCUT2D eigenvalue weighted by Gasteiger charge is -2.03. The zero-order valence-corrected chi connectivity index (χ0v) is 8.61. The van der Waals surface area contributed by atoms with Gasteiger partial charge in [-0.05, 0) is 23.8 Å². The maximum absolute atomic E-state index is 10.8. The van der Waals surface area contributed by atoms with E-state index in [9.17, 15) is 4.79 Å². The summed E-state index contributed by atoms with van der Waals surface area (Å²) < 4.78 is 0. The molecule has 2 rings (SSSR count). The van der Waals surface area contributed by atoms with Crippen molar-refractivity contribution >= 4 is 17.9 Å². The van der Waals surface area contributed by atoms with Crippen molar-refractivity contribution in [2.75, 3.05) is 0 Å². The van der Waals surface area contributed by atoms with E-state index in [0.717, 1.165) is 17.4 Å². The van der Waals surface area contributed by atoms with E-state index in [-0.39, 0.29) is 0 Å². The summed E-state index contributed by atoms with van der Waals surface area (Å²) in [7, 11) is 0. The fourth-order valence-electron chi connectivity index (χ4n) is 1.38. The smallest absolute Gasteiger partial charge is 0.169 e. The van der Waals surface area contributed by atoms with Gasteiger partial charge in [0, 0.05) is 16.8 Å². The average molecular weight is 218 g/mol. The molecule has 0 amide bonds. The number of benzene rings is 1. The lowest BCUT2D eigenvalue weighted by atomic mass is 10.0. The van der Waals surface area contributed by atoms with Crippen molar-refractivity contribution in [3.8, 4) is 11.1 Å². The van der Waals surface area contributed by atoms with Crippen molar-refractivity contribution < 1.29 is 4.79 Å². The van der Waals surface area contributed by atoms with Gasteiger partial charge >= 0.3 is 0 Å². The standard InChI is InChI=1S/C12H8ClNO/c13-10-5-3-9(4-6-10)11-2-1-7-14-12(11)8-15/h1-8H. The van der Waals surface area contributed by atoms with Crippen LogP contribution in [0, 0.1) is 0 Å². The molecule has 0 N–H and O–H groups in total. The Bertz CT molecular complexity index is 479. The summed E-state index contributed by atoms with van der Waals surface area (Å²) >= 11 is 5.79. The van der Waals surface area contributed by atoms with Gasteiger partial charge in [-0.25, -0.2) is 0 Å². The molecule has 3 heteroatoms. The zero-order chi connectivity index (χ0) is 10.7. The van der Waals surface area contributed by atoms with Gasteiger partial charge in [0.1, 0.15) is 5.69 Å². The van der Waals surface area contributed by atoms with Crippen molar-refractivity contribution in [1.29, 1.82) is 0 Å². The van der Waals surface area contributed by atoms with Crippen LogP contribution in [0.5, 0.6) is 0 Å². The number of aromatic nitrogens is 1. The highest BCUT2D eigenvalue weighted by Crippen LogP contribution is 2.22. The second-order valence-corrected chi connectivity index (χ2v) is 3.50. The van der Waals surface area contributed by atoms with E-state index in [4.69, 9.17) is 11.6 Å². The van der Waals surface area contributed by atoms with Gasteiger partial charge in [0.05, 0.1) is 0 Å². The van der Waals surface area contributed by atoms with Gasteiger partial charge < -0.3 is 0 Å². The van der Waals surface area contributed by atoms with Crippen LogP contribution in [-0.2, 0) is 0 Å². The molecule has 0 fully saturated rings. The Morgan fingerprint density at radius 3 is 2.53 bits per heavy atom. The molecule has 15 heavy (non-hydrogen) atoms. The number of hydrogen-bond acceptors (Lipinski definition) is 2. The number of carbonyl (C=O) groups is 1. The lowest BCUT2D eigenvalue weighted by Crippen LogP contribution is -1.90. The Kier molecular flexibility index (Phi) is 2.79. The van der Waals surface area contributed by atoms with E-state index < -0.39 is 0 Å². The first-order valence-electron chi connectivity index (χ1n) is 4.47. The molecule has 0 bridgehead atoms. The number of nitrogens with zero attached hydrogens (tertiary/aromatic N) is 1. The Morgan fingerprint density at radius 1 is 1.13 bits per heavy atom. The van der Waals surface area contributed by atoms with Crippen LogP contribution in [0.3, 0.4) is 0 Å². The van der Waals surface area contributed by atoms with Crippen molar-refractivity contribution in [3.63, 3.8) is 0 Å². The first-order chi connectivity index (χ1) is 7.31. The summed E-state index contributed by atoms with van der Waals surface area (Å²) in [6.07, 6.45) is 2.35. The summed E-state index contributed by atoms with van der Waals surface area (Å²) in [4.78, 5) is 14.8. The van der Waals surface area contributed by atoms with Crippen molar-refractivity contribution in [2.24, 2.45) is 0 Å². The summed E-state index contributed by atoms with van der Waals surface area (Å²) in [6, 6.07) is 11.0. The van der Waals surface area contributed by atoms with Crippen molar-refractivity contribution in [3.05, 3.63) is 53.3 Å². The van der Waals surface area contributed by atoms with Crippen molar-refractivity contribution in [1.82, 2.24) is 4.98 Å². The van der Waals surface area contributed by atoms with Gasteiger partial charge in [0.25, 0.3) is 0 Å². The minimum absolute atomic E-state index is 0.444. The van der Waals surface area contributed by atoms with Crippen LogP contribution < -0.4 is 0 Å². The molecule has 0 unspecified atom stereocenters. The predicted molar refractivity (Wildman–Crippen MR) is 60.1 cm³/mol. The number of pyridine rings is 1. The van der Waals surface area contributed by atoms with Crippen LogP contribution in [0.2, 0.25) is 5.02 Å². The Morgan fingerprint density at radius 2 is 1.87 bits per heavy atom. The third-order valence-corrected chi connectivity index (χ3v) is 2.36. The molecule has 1 heterocycles. The average Bonchev–Trinajstić information content (AvgIpc) is 2.30. The Hall–Kier alpha value is -1.67. The van der Waals surface area contributed by atoms with Gasteiger partial charge in [0.15, 0.2) is 6.29 Å². The number of hydrogen-bond donors (Lipinski definition) is 0. The minimum atomic E-state index is 0.444. The second kappa shape index (κ2) is 4.24. The molecule has 0 aliphatic heterocycles. The first kappa shape index (κ1) is 9.87. The highest BCUT2D eigenvalue weighted by Gasteiger charge is 2.03. The maximum Gasteiger partial charge on any atom is 0.169 e. The lowest BCUT2D eigenvalue weighted by molar-refractivity contribution is 0.111. The van der Waals surface area contributed by atoms with Gasteiger partial charge in [-0.1, -0.05) is 29.8 Å². The maximum atomic E-state index is 10.8. The largest absolute Gasteiger partial charge is 0.296 e. The van der Waals surface area contributed by atoms with Gasteiger partial charge in [0.2, 0.25) is 0 Å². The van der Waals surface area contributed by atoms with E-state index in [1.807, 2.05) is 18.2 Å². The van der Waals surface area contributed by atoms with Gasteiger partial charge in [-0.15, -0.1) is 0 Å². The number of halogens is 1. The molecule has 0 atom stereocenters. The fraction of sp³-hybridized carbons (Fsp3) is 0. The number of aldehydes is 1. The molecule has 0 saturated heterocycles. The fourth-order valence-corrected chi connectivity index (χ4v) is 1.51.